The molecule has 2 aromatic rings. The highest BCUT2D eigenvalue weighted by Crippen LogP contribution is 2.27. The molecular weight excluding hydrogens is 374 g/mol. The number of rotatable bonds is 7. The van der Waals surface area contributed by atoms with Gasteiger partial charge in [0, 0.05) is 19.6 Å². The van der Waals surface area contributed by atoms with Gasteiger partial charge in [-0.3, -0.25) is 9.59 Å². The smallest absolute Gasteiger partial charge is 0.291 e. The molecule has 0 radical (unpaired) electrons. The van der Waals surface area contributed by atoms with E-state index in [-0.39, 0.29) is 17.6 Å². The van der Waals surface area contributed by atoms with Crippen LogP contribution in [0.25, 0.3) is 0 Å². The minimum absolute atomic E-state index is 0.0821. The van der Waals surface area contributed by atoms with E-state index in [1.165, 1.54) is 24.0 Å². The Morgan fingerprint density at radius 1 is 1.25 bits per heavy atom. The molecule has 1 saturated heterocycles. The molecule has 7 heteroatoms. The number of aryl methyl sites for hydroxylation is 1. The number of nitrogens with one attached hydrogen (secondary N) is 2. The van der Waals surface area contributed by atoms with Gasteiger partial charge in [-0.2, -0.15) is 0 Å². The third-order valence-electron chi connectivity index (χ3n) is 4.99. The van der Waals surface area contributed by atoms with Gasteiger partial charge in [0.25, 0.3) is 11.8 Å². The lowest BCUT2D eigenvalue weighted by Crippen LogP contribution is -2.40. The molecular formula is C21H29N3O3S. The van der Waals surface area contributed by atoms with E-state index in [9.17, 15) is 9.59 Å². The van der Waals surface area contributed by atoms with Gasteiger partial charge in [-0.25, -0.2) is 0 Å². The predicted octanol–water partition coefficient (Wildman–Crippen LogP) is 4.00. The van der Waals surface area contributed by atoms with Crippen molar-refractivity contribution in [2.45, 2.75) is 33.6 Å². The zero-order valence-electron chi connectivity index (χ0n) is 16.8. The SMILES string of the molecule is Cc1cc(NC(=O)c2ccco2)sc1C(=O)NCCCN1CC(C)CC(C)C1. The third-order valence-corrected chi connectivity index (χ3v) is 6.14. The number of thiophene rings is 1. The number of furan rings is 1. The molecule has 28 heavy (non-hydrogen) atoms. The first-order chi connectivity index (χ1) is 13.4. The second-order valence-corrected chi connectivity index (χ2v) is 8.92. The van der Waals surface area contributed by atoms with Crippen molar-refractivity contribution in [2.75, 3.05) is 31.5 Å². The molecule has 0 bridgehead atoms. The molecule has 2 amide bonds. The summed E-state index contributed by atoms with van der Waals surface area (Å²) in [5.74, 6) is 1.35. The van der Waals surface area contributed by atoms with Crippen LogP contribution in [0.2, 0.25) is 0 Å². The summed E-state index contributed by atoms with van der Waals surface area (Å²) in [5.41, 5.74) is 0.857. The fourth-order valence-electron chi connectivity index (χ4n) is 3.91. The summed E-state index contributed by atoms with van der Waals surface area (Å²) in [6.07, 6.45) is 3.71. The molecule has 6 nitrogen and oxygen atoms in total. The zero-order chi connectivity index (χ0) is 20.1. The van der Waals surface area contributed by atoms with E-state index < -0.39 is 0 Å². The maximum Gasteiger partial charge on any atom is 0.291 e. The second-order valence-electron chi connectivity index (χ2n) is 7.87. The van der Waals surface area contributed by atoms with Crippen LogP contribution in [-0.2, 0) is 0 Å². The fourth-order valence-corrected chi connectivity index (χ4v) is 4.89. The number of nitrogens with zero attached hydrogens (tertiary/aromatic N) is 1. The first-order valence-electron chi connectivity index (χ1n) is 9.88. The molecule has 0 aromatic carbocycles. The van der Waals surface area contributed by atoms with E-state index in [0.29, 0.717) is 16.4 Å². The molecule has 0 saturated carbocycles. The Bertz CT molecular complexity index is 790. The zero-order valence-corrected chi connectivity index (χ0v) is 17.6. The highest BCUT2D eigenvalue weighted by molar-refractivity contribution is 7.18. The van der Waals surface area contributed by atoms with Crippen molar-refractivity contribution in [3.63, 3.8) is 0 Å². The molecule has 2 N–H and O–H groups in total. The van der Waals surface area contributed by atoms with Crippen LogP contribution < -0.4 is 10.6 Å². The van der Waals surface area contributed by atoms with E-state index >= 15 is 0 Å². The van der Waals surface area contributed by atoms with Crippen molar-refractivity contribution in [1.82, 2.24) is 10.2 Å². The maximum atomic E-state index is 12.5. The van der Waals surface area contributed by atoms with Crippen LogP contribution in [0.3, 0.4) is 0 Å². The number of piperidine rings is 1. The van der Waals surface area contributed by atoms with E-state index in [0.717, 1.165) is 43.5 Å². The highest BCUT2D eigenvalue weighted by atomic mass is 32.1. The van der Waals surface area contributed by atoms with Crippen molar-refractivity contribution < 1.29 is 14.0 Å². The van der Waals surface area contributed by atoms with Crippen molar-refractivity contribution >= 4 is 28.2 Å². The Kier molecular flexibility index (Phi) is 6.91. The number of carbonyl (C=O) groups is 2. The molecule has 152 valence electrons. The van der Waals surface area contributed by atoms with Crippen LogP contribution in [0.4, 0.5) is 5.00 Å². The van der Waals surface area contributed by atoms with Gasteiger partial charge in [0.1, 0.15) is 0 Å². The number of carbonyl (C=O) groups excluding carboxylic acids is 2. The number of likely N-dealkylation sites (tertiary alicyclic amines) is 1. The Morgan fingerprint density at radius 2 is 2.00 bits per heavy atom. The van der Waals surface area contributed by atoms with Crippen LogP contribution >= 0.6 is 11.3 Å². The first-order valence-corrected chi connectivity index (χ1v) is 10.7. The topological polar surface area (TPSA) is 74.6 Å². The minimum Gasteiger partial charge on any atom is -0.459 e. The highest BCUT2D eigenvalue weighted by Gasteiger charge is 2.21. The van der Waals surface area contributed by atoms with Gasteiger partial charge in [0.2, 0.25) is 0 Å². The summed E-state index contributed by atoms with van der Waals surface area (Å²) in [5, 5.41) is 6.43. The van der Waals surface area contributed by atoms with Crippen LogP contribution in [-0.4, -0.2) is 42.9 Å². The normalized spacial score (nSPS) is 20.1. The lowest BCUT2D eigenvalue weighted by Gasteiger charge is -2.34. The van der Waals surface area contributed by atoms with E-state index in [4.69, 9.17) is 4.42 Å². The third kappa shape index (κ3) is 5.45. The van der Waals surface area contributed by atoms with Gasteiger partial charge in [-0.15, -0.1) is 11.3 Å². The first kappa shape index (κ1) is 20.6. The molecule has 2 unspecified atom stereocenters. The van der Waals surface area contributed by atoms with E-state index in [1.54, 1.807) is 12.1 Å². The van der Waals surface area contributed by atoms with Crippen LogP contribution in [0.5, 0.6) is 0 Å². The average molecular weight is 404 g/mol. The standard InChI is InChI=1S/C21H29N3O3S/c1-14-10-15(2)13-24(12-14)8-5-7-22-21(26)19-16(3)11-18(28-19)23-20(25)17-6-4-9-27-17/h4,6,9,11,14-15H,5,7-8,10,12-13H2,1-3H3,(H,22,26)(H,23,25). The van der Waals surface area contributed by atoms with E-state index in [2.05, 4.69) is 29.4 Å². The monoisotopic (exact) mass is 403 g/mol. The van der Waals surface area contributed by atoms with Crippen molar-refractivity contribution in [2.24, 2.45) is 11.8 Å². The van der Waals surface area contributed by atoms with Crippen LogP contribution in [0.1, 0.15) is 52.5 Å². The van der Waals surface area contributed by atoms with Gasteiger partial charge in [0.15, 0.2) is 5.76 Å². The lowest BCUT2D eigenvalue weighted by atomic mass is 9.92. The Labute approximate surface area is 170 Å². The van der Waals surface area contributed by atoms with Gasteiger partial charge in [0.05, 0.1) is 16.1 Å². The molecule has 1 aliphatic rings. The molecule has 2 atom stereocenters. The predicted molar refractivity (Wildman–Crippen MR) is 112 cm³/mol. The quantitative estimate of drug-likeness (QED) is 0.685. The summed E-state index contributed by atoms with van der Waals surface area (Å²) < 4.78 is 5.09. The number of hydrogen-bond acceptors (Lipinski definition) is 5. The van der Waals surface area contributed by atoms with Gasteiger partial charge >= 0.3 is 0 Å². The molecule has 2 aromatic heterocycles. The number of anilines is 1. The lowest BCUT2D eigenvalue weighted by molar-refractivity contribution is 0.0949. The maximum absolute atomic E-state index is 12.5. The molecule has 0 aliphatic carbocycles. The van der Waals surface area contributed by atoms with Gasteiger partial charge in [-0.1, -0.05) is 13.8 Å². The molecule has 1 aliphatic heterocycles. The average Bonchev–Trinajstić information content (AvgIpc) is 3.27. The Hall–Kier alpha value is -2.12. The second kappa shape index (κ2) is 9.39. The number of amides is 2. The molecule has 1 fully saturated rings. The fraction of sp³-hybridized carbons (Fsp3) is 0.524. The van der Waals surface area contributed by atoms with Gasteiger partial charge < -0.3 is 20.0 Å². The summed E-state index contributed by atoms with van der Waals surface area (Å²) >= 11 is 1.28. The Morgan fingerprint density at radius 3 is 2.68 bits per heavy atom. The largest absolute Gasteiger partial charge is 0.459 e. The van der Waals surface area contributed by atoms with Crippen LogP contribution in [0, 0.1) is 18.8 Å². The van der Waals surface area contributed by atoms with Crippen LogP contribution in [0.15, 0.2) is 28.9 Å². The van der Waals surface area contributed by atoms with Gasteiger partial charge in [-0.05, 0) is 61.9 Å². The molecule has 3 heterocycles. The summed E-state index contributed by atoms with van der Waals surface area (Å²) in [7, 11) is 0. The minimum atomic E-state index is -0.316. The summed E-state index contributed by atoms with van der Waals surface area (Å²) in [6.45, 7) is 10.5. The van der Waals surface area contributed by atoms with Crippen molar-refractivity contribution in [3.8, 4) is 0 Å². The Balaban J connectivity index is 1.45. The summed E-state index contributed by atoms with van der Waals surface area (Å²) in [4.78, 5) is 27.7. The summed E-state index contributed by atoms with van der Waals surface area (Å²) in [6, 6.07) is 5.09. The molecule has 3 rings (SSSR count). The van der Waals surface area contributed by atoms with E-state index in [1.807, 2.05) is 13.0 Å². The van der Waals surface area contributed by atoms with Crippen molar-refractivity contribution in [3.05, 3.63) is 40.7 Å². The molecule has 0 spiro atoms. The number of hydrogen-bond donors (Lipinski definition) is 2. The van der Waals surface area contributed by atoms with Crippen molar-refractivity contribution in [1.29, 1.82) is 0 Å².